The highest BCUT2D eigenvalue weighted by molar-refractivity contribution is 9.10. The summed E-state index contributed by atoms with van der Waals surface area (Å²) in [5.74, 6) is 1.62. The van der Waals surface area contributed by atoms with Crippen LogP contribution in [0, 0.1) is 0 Å². The summed E-state index contributed by atoms with van der Waals surface area (Å²) >= 11 is 6.54. The van der Waals surface area contributed by atoms with Gasteiger partial charge in [0.05, 0.1) is 17.4 Å². The van der Waals surface area contributed by atoms with Gasteiger partial charge in [-0.25, -0.2) is 0 Å². The van der Waals surface area contributed by atoms with Crippen molar-refractivity contribution in [1.29, 1.82) is 0 Å². The molecule has 7 nitrogen and oxygen atoms in total. The van der Waals surface area contributed by atoms with Gasteiger partial charge in [0.2, 0.25) is 16.9 Å². The van der Waals surface area contributed by atoms with Crippen molar-refractivity contribution in [2.75, 3.05) is 18.5 Å². The van der Waals surface area contributed by atoms with E-state index in [2.05, 4.69) is 41.6 Å². The van der Waals surface area contributed by atoms with Gasteiger partial charge in [0.25, 0.3) is 0 Å². The number of anilines is 1. The van der Waals surface area contributed by atoms with Crippen LogP contribution in [-0.4, -0.2) is 39.7 Å². The van der Waals surface area contributed by atoms with Gasteiger partial charge in [0.1, 0.15) is 0 Å². The molecule has 26 heavy (non-hydrogen) atoms. The molecule has 1 unspecified atom stereocenters. The molecule has 1 aliphatic heterocycles. The lowest BCUT2D eigenvalue weighted by atomic mass is 10.2. The number of thioether (sulfide) groups is 1. The highest BCUT2D eigenvalue weighted by Crippen LogP contribution is 2.30. The Morgan fingerprint density at radius 2 is 2.15 bits per heavy atom. The molecule has 1 N–H and O–H groups in total. The zero-order valence-corrected chi connectivity index (χ0v) is 16.9. The topological polar surface area (TPSA) is 86.0 Å². The lowest BCUT2D eigenvalue weighted by molar-refractivity contribution is 0.120. The van der Waals surface area contributed by atoms with Crippen LogP contribution in [0.15, 0.2) is 37.5 Å². The van der Waals surface area contributed by atoms with Crippen LogP contribution in [0.5, 0.6) is 0 Å². The minimum atomic E-state index is 0.282. The third-order valence-corrected chi connectivity index (χ3v) is 6.49. The lowest BCUT2D eigenvalue weighted by Crippen LogP contribution is -2.18. The van der Waals surface area contributed by atoms with E-state index in [1.54, 1.807) is 0 Å². The SMILES string of the molecule is Brc1ccccc1-c1nnc(CSc2nnc(NCC3CCCO3)s2)o1. The molecule has 0 spiro atoms. The maximum Gasteiger partial charge on any atom is 0.248 e. The first-order valence-electron chi connectivity index (χ1n) is 8.17. The molecule has 2 aromatic heterocycles. The van der Waals surface area contributed by atoms with Crippen LogP contribution in [0.25, 0.3) is 11.5 Å². The first-order valence-corrected chi connectivity index (χ1v) is 10.8. The van der Waals surface area contributed by atoms with Crippen molar-refractivity contribution in [3.63, 3.8) is 0 Å². The second-order valence-corrected chi connectivity index (χ2v) is 8.71. The molecule has 4 rings (SSSR count). The number of hydrogen-bond acceptors (Lipinski definition) is 9. The molecule has 1 aliphatic rings. The van der Waals surface area contributed by atoms with Crippen LogP contribution < -0.4 is 5.32 Å². The molecule has 0 bridgehead atoms. The van der Waals surface area contributed by atoms with E-state index in [-0.39, 0.29) is 6.10 Å². The summed E-state index contributed by atoms with van der Waals surface area (Å²) in [4.78, 5) is 0. The van der Waals surface area contributed by atoms with Gasteiger partial charge in [-0.15, -0.1) is 20.4 Å². The Balaban J connectivity index is 1.31. The maximum atomic E-state index is 5.75. The summed E-state index contributed by atoms with van der Waals surface area (Å²) < 4.78 is 13.1. The Morgan fingerprint density at radius 3 is 3.00 bits per heavy atom. The summed E-state index contributed by atoms with van der Waals surface area (Å²) in [6.45, 7) is 1.63. The molecule has 1 atom stereocenters. The molecule has 0 radical (unpaired) electrons. The van der Waals surface area contributed by atoms with Gasteiger partial charge in [0, 0.05) is 17.6 Å². The monoisotopic (exact) mass is 453 g/mol. The van der Waals surface area contributed by atoms with E-state index in [4.69, 9.17) is 9.15 Å². The predicted octanol–water partition coefficient (Wildman–Crippen LogP) is 4.23. The normalized spacial score (nSPS) is 16.9. The van der Waals surface area contributed by atoms with Crippen molar-refractivity contribution >= 4 is 44.2 Å². The van der Waals surface area contributed by atoms with Gasteiger partial charge in [-0.3, -0.25) is 0 Å². The fourth-order valence-corrected chi connectivity index (χ4v) is 4.57. The highest BCUT2D eigenvalue weighted by atomic mass is 79.9. The van der Waals surface area contributed by atoms with Gasteiger partial charge >= 0.3 is 0 Å². The molecule has 136 valence electrons. The number of halogens is 1. The minimum Gasteiger partial charge on any atom is -0.420 e. The lowest BCUT2D eigenvalue weighted by Gasteiger charge is -2.08. The average molecular weight is 454 g/mol. The zero-order valence-electron chi connectivity index (χ0n) is 13.7. The third-order valence-electron chi connectivity index (χ3n) is 3.80. The van der Waals surface area contributed by atoms with Crippen molar-refractivity contribution in [3.05, 3.63) is 34.6 Å². The second kappa shape index (κ2) is 8.47. The molecule has 1 aromatic carbocycles. The molecular weight excluding hydrogens is 438 g/mol. The van der Waals surface area contributed by atoms with E-state index in [0.717, 1.165) is 45.5 Å². The van der Waals surface area contributed by atoms with E-state index in [1.807, 2.05) is 24.3 Å². The Morgan fingerprint density at radius 1 is 1.23 bits per heavy atom. The Labute approximate surface area is 167 Å². The number of benzene rings is 1. The first kappa shape index (κ1) is 17.9. The molecule has 0 aliphatic carbocycles. The Hall–Kier alpha value is -1.49. The van der Waals surface area contributed by atoms with Crippen molar-refractivity contribution in [2.45, 2.75) is 29.0 Å². The van der Waals surface area contributed by atoms with Crippen LogP contribution >= 0.6 is 39.0 Å². The van der Waals surface area contributed by atoms with Crippen LogP contribution in [0.2, 0.25) is 0 Å². The van der Waals surface area contributed by atoms with E-state index in [0.29, 0.717) is 17.5 Å². The summed E-state index contributed by atoms with van der Waals surface area (Å²) in [5.41, 5.74) is 0.882. The smallest absolute Gasteiger partial charge is 0.248 e. The van der Waals surface area contributed by atoms with Crippen LogP contribution in [0.1, 0.15) is 18.7 Å². The van der Waals surface area contributed by atoms with Gasteiger partial charge in [-0.05, 0) is 40.9 Å². The fraction of sp³-hybridized carbons (Fsp3) is 0.375. The third kappa shape index (κ3) is 4.43. The van der Waals surface area contributed by atoms with Gasteiger partial charge in [-0.2, -0.15) is 0 Å². The summed E-state index contributed by atoms with van der Waals surface area (Å²) in [6, 6.07) is 7.76. The van der Waals surface area contributed by atoms with Crippen molar-refractivity contribution in [2.24, 2.45) is 0 Å². The predicted molar refractivity (Wildman–Crippen MR) is 104 cm³/mol. The molecular formula is C16H16BrN5O2S2. The van der Waals surface area contributed by atoms with Gasteiger partial charge in [0.15, 0.2) is 4.34 Å². The Kier molecular flexibility index (Phi) is 5.83. The largest absolute Gasteiger partial charge is 0.420 e. The van der Waals surface area contributed by atoms with Crippen LogP contribution in [0.4, 0.5) is 5.13 Å². The van der Waals surface area contributed by atoms with E-state index in [9.17, 15) is 0 Å². The van der Waals surface area contributed by atoms with Crippen molar-refractivity contribution in [3.8, 4) is 11.5 Å². The van der Waals surface area contributed by atoms with Gasteiger partial charge in [-0.1, -0.05) is 35.2 Å². The highest BCUT2D eigenvalue weighted by Gasteiger charge is 2.16. The minimum absolute atomic E-state index is 0.282. The number of hydrogen-bond donors (Lipinski definition) is 1. The van der Waals surface area contributed by atoms with Crippen molar-refractivity contribution in [1.82, 2.24) is 20.4 Å². The maximum absolute atomic E-state index is 5.75. The Bertz CT molecular complexity index is 866. The summed E-state index contributed by atoms with van der Waals surface area (Å²) in [6.07, 6.45) is 2.52. The number of nitrogens with zero attached hydrogens (tertiary/aromatic N) is 4. The molecule has 0 saturated carbocycles. The number of rotatable bonds is 7. The van der Waals surface area contributed by atoms with E-state index >= 15 is 0 Å². The number of nitrogens with one attached hydrogen (secondary N) is 1. The van der Waals surface area contributed by atoms with Gasteiger partial charge < -0.3 is 14.5 Å². The zero-order chi connectivity index (χ0) is 17.8. The molecule has 10 heteroatoms. The fourth-order valence-electron chi connectivity index (χ4n) is 2.52. The van der Waals surface area contributed by atoms with E-state index < -0.39 is 0 Å². The quantitative estimate of drug-likeness (QED) is 0.531. The number of ether oxygens (including phenoxy) is 1. The van der Waals surface area contributed by atoms with Crippen LogP contribution in [-0.2, 0) is 10.5 Å². The summed E-state index contributed by atoms with van der Waals surface area (Å²) in [5, 5.41) is 20.7. The summed E-state index contributed by atoms with van der Waals surface area (Å²) in [7, 11) is 0. The second-order valence-electron chi connectivity index (χ2n) is 5.66. The van der Waals surface area contributed by atoms with E-state index in [1.165, 1.54) is 23.1 Å². The molecule has 3 aromatic rings. The van der Waals surface area contributed by atoms with Crippen LogP contribution in [0.3, 0.4) is 0 Å². The average Bonchev–Trinajstić information content (AvgIpc) is 3.40. The molecule has 1 saturated heterocycles. The van der Waals surface area contributed by atoms with Crippen molar-refractivity contribution < 1.29 is 9.15 Å². The first-order chi connectivity index (χ1) is 12.8. The molecule has 3 heterocycles. The molecule has 0 amide bonds. The number of aromatic nitrogens is 4. The standard InChI is InChI=1S/C16H16BrN5O2S2/c17-12-6-2-1-5-11(12)14-20-19-13(24-14)9-25-16-22-21-15(26-16)18-8-10-4-3-7-23-10/h1-2,5-6,10H,3-4,7-9H2,(H,18,21). The molecule has 1 fully saturated rings.